The molecule has 0 aromatic heterocycles. The molecule has 4 nitrogen and oxygen atoms in total. The molecule has 0 aliphatic rings. The van der Waals surface area contributed by atoms with Gasteiger partial charge in [0.2, 0.25) is 5.91 Å². The van der Waals surface area contributed by atoms with Crippen molar-refractivity contribution in [2.75, 3.05) is 6.61 Å². The smallest absolute Gasteiger partial charge is 0.220 e. The second-order valence-electron chi connectivity index (χ2n) is 12.2. The maximum Gasteiger partial charge on any atom is 0.220 e. The molecular formula is C42H71NO3. The zero-order valence-electron chi connectivity index (χ0n) is 29.8. The van der Waals surface area contributed by atoms with E-state index in [1.54, 1.807) is 6.08 Å². The Kier molecular flexibility index (Phi) is 35.1. The first-order valence-corrected chi connectivity index (χ1v) is 18.8. The maximum atomic E-state index is 12.3. The SMILES string of the molecule is CC/C=C\C/C=C\C/C=C\C/C=C\C/C=C\CCCCCCCCCC(=O)NC(CO)C(O)/C=C/CC/C=C/CCCCCCC. The second kappa shape index (κ2) is 37.0. The molecule has 0 aliphatic carbocycles. The van der Waals surface area contributed by atoms with Crippen LogP contribution in [-0.4, -0.2) is 34.9 Å². The summed E-state index contributed by atoms with van der Waals surface area (Å²) in [5.41, 5.74) is 0. The predicted octanol–water partition coefficient (Wildman–Crippen LogP) is 11.3. The van der Waals surface area contributed by atoms with Crippen molar-refractivity contribution < 1.29 is 15.0 Å². The summed E-state index contributed by atoms with van der Waals surface area (Å²) in [5.74, 6) is -0.0922. The van der Waals surface area contributed by atoms with Crippen LogP contribution in [0.25, 0.3) is 0 Å². The Morgan fingerprint density at radius 3 is 1.52 bits per heavy atom. The zero-order valence-corrected chi connectivity index (χ0v) is 29.8. The number of hydrogen-bond acceptors (Lipinski definition) is 3. The Morgan fingerprint density at radius 2 is 0.978 bits per heavy atom. The fourth-order valence-electron chi connectivity index (χ4n) is 4.98. The highest BCUT2D eigenvalue weighted by Crippen LogP contribution is 2.11. The van der Waals surface area contributed by atoms with E-state index in [4.69, 9.17) is 0 Å². The van der Waals surface area contributed by atoms with Crippen LogP contribution in [0.3, 0.4) is 0 Å². The third-order valence-electron chi connectivity index (χ3n) is 7.86. The van der Waals surface area contributed by atoms with E-state index in [2.05, 4.69) is 92.1 Å². The Labute approximate surface area is 284 Å². The van der Waals surface area contributed by atoms with Crippen molar-refractivity contribution >= 4 is 5.91 Å². The van der Waals surface area contributed by atoms with Crippen molar-refractivity contribution in [2.24, 2.45) is 0 Å². The third kappa shape index (κ3) is 32.9. The van der Waals surface area contributed by atoms with E-state index in [1.807, 2.05) is 6.08 Å². The first-order valence-electron chi connectivity index (χ1n) is 18.8. The first-order chi connectivity index (χ1) is 22.7. The summed E-state index contributed by atoms with van der Waals surface area (Å²) in [6, 6.07) is -0.648. The van der Waals surface area contributed by atoms with Gasteiger partial charge in [-0.15, -0.1) is 0 Å². The molecule has 1 amide bonds. The van der Waals surface area contributed by atoms with Gasteiger partial charge in [-0.05, 0) is 77.0 Å². The monoisotopic (exact) mass is 638 g/mol. The molecule has 2 unspecified atom stereocenters. The van der Waals surface area contributed by atoms with Gasteiger partial charge in [-0.3, -0.25) is 4.79 Å². The van der Waals surface area contributed by atoms with Crippen LogP contribution >= 0.6 is 0 Å². The number of allylic oxidation sites excluding steroid dienone is 13. The van der Waals surface area contributed by atoms with Gasteiger partial charge in [-0.1, -0.05) is 157 Å². The van der Waals surface area contributed by atoms with Crippen LogP contribution in [0.1, 0.15) is 155 Å². The molecule has 0 spiro atoms. The van der Waals surface area contributed by atoms with Crippen molar-refractivity contribution in [1.29, 1.82) is 0 Å². The summed E-state index contributed by atoms with van der Waals surface area (Å²) in [4.78, 5) is 12.3. The summed E-state index contributed by atoms with van der Waals surface area (Å²) in [5, 5.41) is 22.8. The second-order valence-corrected chi connectivity index (χ2v) is 12.2. The zero-order chi connectivity index (χ0) is 33.6. The number of hydrogen-bond donors (Lipinski definition) is 3. The lowest BCUT2D eigenvalue weighted by atomic mass is 10.1. The lowest BCUT2D eigenvalue weighted by Crippen LogP contribution is -2.45. The van der Waals surface area contributed by atoms with Crippen molar-refractivity contribution in [3.63, 3.8) is 0 Å². The lowest BCUT2D eigenvalue weighted by molar-refractivity contribution is -0.123. The topological polar surface area (TPSA) is 69.6 Å². The lowest BCUT2D eigenvalue weighted by Gasteiger charge is -2.19. The van der Waals surface area contributed by atoms with Crippen LogP contribution in [0, 0.1) is 0 Å². The number of rotatable bonds is 32. The quantitative estimate of drug-likeness (QED) is 0.0508. The van der Waals surface area contributed by atoms with E-state index >= 15 is 0 Å². The van der Waals surface area contributed by atoms with Crippen LogP contribution < -0.4 is 5.32 Å². The van der Waals surface area contributed by atoms with Gasteiger partial charge in [0.25, 0.3) is 0 Å². The molecule has 0 aromatic carbocycles. The van der Waals surface area contributed by atoms with E-state index in [1.165, 1.54) is 57.8 Å². The molecule has 0 rings (SSSR count). The molecule has 0 aromatic rings. The highest BCUT2D eigenvalue weighted by Gasteiger charge is 2.17. The number of aliphatic hydroxyl groups excluding tert-OH is 2. The van der Waals surface area contributed by atoms with Gasteiger partial charge in [0.05, 0.1) is 18.8 Å². The van der Waals surface area contributed by atoms with Gasteiger partial charge in [0.1, 0.15) is 0 Å². The fourth-order valence-corrected chi connectivity index (χ4v) is 4.98. The van der Waals surface area contributed by atoms with Crippen molar-refractivity contribution in [3.8, 4) is 0 Å². The maximum absolute atomic E-state index is 12.3. The summed E-state index contributed by atoms with van der Waals surface area (Å²) < 4.78 is 0. The van der Waals surface area contributed by atoms with Crippen molar-refractivity contribution in [2.45, 2.75) is 167 Å². The molecule has 3 N–H and O–H groups in total. The number of carbonyl (C=O) groups excluding carboxylic acids is 1. The Balaban J connectivity index is 3.70. The van der Waals surface area contributed by atoms with Gasteiger partial charge in [-0.25, -0.2) is 0 Å². The van der Waals surface area contributed by atoms with Gasteiger partial charge in [-0.2, -0.15) is 0 Å². The molecule has 0 saturated heterocycles. The number of carbonyl (C=O) groups is 1. The highest BCUT2D eigenvalue weighted by atomic mass is 16.3. The number of aliphatic hydroxyl groups is 2. The molecule has 0 aliphatic heterocycles. The first kappa shape index (κ1) is 43.6. The van der Waals surface area contributed by atoms with E-state index < -0.39 is 12.1 Å². The van der Waals surface area contributed by atoms with Crippen LogP contribution in [0.5, 0.6) is 0 Å². The molecule has 0 fully saturated rings. The molecule has 46 heavy (non-hydrogen) atoms. The molecule has 0 heterocycles. The number of unbranched alkanes of at least 4 members (excludes halogenated alkanes) is 13. The largest absolute Gasteiger partial charge is 0.394 e. The van der Waals surface area contributed by atoms with Crippen LogP contribution in [0.4, 0.5) is 0 Å². The molecule has 2 atom stereocenters. The summed E-state index contributed by atoms with van der Waals surface area (Å²) >= 11 is 0. The van der Waals surface area contributed by atoms with E-state index in [0.717, 1.165) is 77.0 Å². The minimum atomic E-state index is -0.869. The van der Waals surface area contributed by atoms with Crippen LogP contribution in [0.2, 0.25) is 0 Å². The van der Waals surface area contributed by atoms with Gasteiger partial charge < -0.3 is 15.5 Å². The van der Waals surface area contributed by atoms with Crippen molar-refractivity contribution in [3.05, 3.63) is 85.1 Å². The number of amides is 1. The average Bonchev–Trinajstić information content (AvgIpc) is 3.06. The van der Waals surface area contributed by atoms with Gasteiger partial charge in [0, 0.05) is 6.42 Å². The Hall–Kier alpha value is -2.43. The summed E-state index contributed by atoms with van der Waals surface area (Å²) in [6.07, 6.45) is 53.8. The van der Waals surface area contributed by atoms with E-state index in [9.17, 15) is 15.0 Å². The Morgan fingerprint density at radius 1 is 0.543 bits per heavy atom. The average molecular weight is 638 g/mol. The highest BCUT2D eigenvalue weighted by molar-refractivity contribution is 5.76. The van der Waals surface area contributed by atoms with Crippen molar-refractivity contribution in [1.82, 2.24) is 5.32 Å². The minimum Gasteiger partial charge on any atom is -0.394 e. The van der Waals surface area contributed by atoms with Gasteiger partial charge in [0.15, 0.2) is 0 Å². The predicted molar refractivity (Wildman–Crippen MR) is 202 cm³/mol. The fraction of sp³-hybridized carbons (Fsp3) is 0.643. The molecule has 4 heteroatoms. The number of nitrogens with one attached hydrogen (secondary N) is 1. The van der Waals surface area contributed by atoms with E-state index in [0.29, 0.717) is 6.42 Å². The molecule has 0 bridgehead atoms. The normalized spacial score (nSPS) is 14.1. The third-order valence-corrected chi connectivity index (χ3v) is 7.86. The van der Waals surface area contributed by atoms with Crippen LogP contribution in [0.15, 0.2) is 85.1 Å². The minimum absolute atomic E-state index is 0.0922. The molecular weight excluding hydrogens is 566 g/mol. The van der Waals surface area contributed by atoms with Gasteiger partial charge >= 0.3 is 0 Å². The standard InChI is InChI=1S/C42H71NO3/c1-3-5-7-9-11-13-15-16-17-18-19-20-21-22-23-24-25-26-28-30-32-34-36-38-42(46)43-40(39-44)41(45)37-35-33-31-29-27-14-12-10-8-6-4-2/h5,7,11,13,16-17,19-20,22-23,27,29,35,37,40-41,44-45H,3-4,6,8-10,12,14-15,18,21,24-26,28,30-34,36,38-39H2,1-2H3,(H,43,46)/b7-5-,13-11-,17-16-,20-19-,23-22-,29-27+,37-35+. The Bertz CT molecular complexity index is 864. The molecule has 0 saturated carbocycles. The summed E-state index contributed by atoms with van der Waals surface area (Å²) in [6.45, 7) is 4.13. The summed E-state index contributed by atoms with van der Waals surface area (Å²) in [7, 11) is 0. The van der Waals surface area contributed by atoms with E-state index in [-0.39, 0.29) is 12.5 Å². The van der Waals surface area contributed by atoms with Crippen LogP contribution in [-0.2, 0) is 4.79 Å². The molecule has 262 valence electrons. The molecule has 0 radical (unpaired) electrons.